The lowest BCUT2D eigenvalue weighted by molar-refractivity contribution is -0.134. The zero-order chi connectivity index (χ0) is 30.2. The van der Waals surface area contributed by atoms with Crippen molar-refractivity contribution in [1.82, 2.24) is 9.80 Å². The monoisotopic (exact) mass is 612 g/mol. The molecule has 1 aliphatic heterocycles. The Morgan fingerprint density at radius 2 is 1.18 bits per heavy atom. The van der Waals surface area contributed by atoms with Gasteiger partial charge in [0.05, 0.1) is 0 Å². The van der Waals surface area contributed by atoms with E-state index in [0.717, 1.165) is 36.2 Å². The Kier molecular flexibility index (Phi) is 15.7. The van der Waals surface area contributed by atoms with Crippen molar-refractivity contribution in [1.29, 1.82) is 0 Å². The molecule has 0 aliphatic carbocycles. The molecular weight excluding hydrogens is 583 g/mol. The fraction of sp³-hybridized carbons (Fsp3) is 0.259. The number of nitrogens with zero attached hydrogens (tertiary/aromatic N) is 2. The topological polar surface area (TPSA) is 156 Å². The lowest BCUT2D eigenvalue weighted by atomic mass is 10.1. The van der Waals surface area contributed by atoms with E-state index < -0.39 is 23.9 Å². The Bertz CT molecular complexity index is 1150. The van der Waals surface area contributed by atoms with E-state index in [0.29, 0.717) is 30.3 Å². The third-order valence-corrected chi connectivity index (χ3v) is 6.87. The Morgan fingerprint density at radius 1 is 0.750 bits per heavy atom. The van der Waals surface area contributed by atoms with Gasteiger partial charge in [0.15, 0.2) is 0 Å². The number of carbonyl (C=O) groups is 4. The first-order valence-corrected chi connectivity index (χ1v) is 13.3. The van der Waals surface area contributed by atoms with Crippen molar-refractivity contribution in [2.24, 2.45) is 0 Å². The molecule has 2 aromatic rings. The Hall–Kier alpha value is -3.35. The van der Waals surface area contributed by atoms with Gasteiger partial charge in [-0.3, -0.25) is 4.90 Å². The van der Waals surface area contributed by atoms with E-state index >= 15 is 0 Å². The average Bonchev–Trinajstić information content (AvgIpc) is 2.89. The van der Waals surface area contributed by atoms with E-state index in [1.54, 1.807) is 11.8 Å². The summed E-state index contributed by atoms with van der Waals surface area (Å²) in [5.41, 5.74) is 1.30. The number of carboxylic acids is 4. The smallest absolute Gasteiger partial charge is 0.328 e. The second kappa shape index (κ2) is 18.1. The molecule has 1 atom stereocenters. The molecule has 10 nitrogen and oxygen atoms in total. The van der Waals surface area contributed by atoms with Crippen molar-refractivity contribution in [3.8, 4) is 0 Å². The number of halogens is 2. The van der Waals surface area contributed by atoms with Gasteiger partial charge < -0.3 is 25.3 Å². The molecule has 0 bridgehead atoms. The molecule has 0 aromatic heterocycles. The molecule has 1 heterocycles. The van der Waals surface area contributed by atoms with Crippen molar-refractivity contribution in [3.63, 3.8) is 0 Å². The van der Waals surface area contributed by atoms with Gasteiger partial charge in [0.25, 0.3) is 0 Å². The molecule has 1 aliphatic rings. The van der Waals surface area contributed by atoms with Crippen LogP contribution >= 0.6 is 35.0 Å². The molecule has 0 amide bonds. The molecule has 0 radical (unpaired) electrons. The van der Waals surface area contributed by atoms with Gasteiger partial charge in [-0.2, -0.15) is 0 Å². The highest BCUT2D eigenvalue weighted by atomic mass is 35.5. The molecule has 0 spiro atoms. The summed E-state index contributed by atoms with van der Waals surface area (Å²) in [4.78, 5) is 45.6. The predicted molar refractivity (Wildman–Crippen MR) is 153 cm³/mol. The maximum Gasteiger partial charge on any atom is 0.328 e. The van der Waals surface area contributed by atoms with Gasteiger partial charge in [-0.25, -0.2) is 19.2 Å². The van der Waals surface area contributed by atoms with E-state index in [1.807, 2.05) is 18.2 Å². The third kappa shape index (κ3) is 14.7. The molecule has 1 fully saturated rings. The fourth-order valence-corrected chi connectivity index (χ4v) is 4.58. The van der Waals surface area contributed by atoms with Gasteiger partial charge in [0.2, 0.25) is 0 Å². The van der Waals surface area contributed by atoms with Crippen molar-refractivity contribution in [3.05, 3.63) is 82.4 Å². The standard InChI is InChI=1S/C19H22Cl2N2S.2C4H4O4/c1-14(23-11-9-22(2)10-12-23)18-13-16(21)5-8-19(18)24-17-6-3-15(20)4-7-17;2*5-3(6)1-2-4(7)8/h3-8,13-14H,9-12H2,1-2H3;2*1-2H,(H,5,6)(H,7,8)/b;2*2-1+. The van der Waals surface area contributed by atoms with Crippen LogP contribution in [0.15, 0.2) is 76.6 Å². The fourth-order valence-electron chi connectivity index (χ4n) is 3.26. The summed E-state index contributed by atoms with van der Waals surface area (Å²) in [5.74, 6) is -5.03. The lowest BCUT2D eigenvalue weighted by Crippen LogP contribution is -2.45. The maximum absolute atomic E-state index is 9.55. The lowest BCUT2D eigenvalue weighted by Gasteiger charge is -2.37. The number of aliphatic carboxylic acids is 4. The number of hydrogen-bond donors (Lipinski definition) is 4. The van der Waals surface area contributed by atoms with Crippen molar-refractivity contribution in [2.75, 3.05) is 33.2 Å². The molecule has 1 saturated heterocycles. The van der Waals surface area contributed by atoms with E-state index in [4.69, 9.17) is 43.6 Å². The van der Waals surface area contributed by atoms with Crippen LogP contribution < -0.4 is 0 Å². The van der Waals surface area contributed by atoms with Crippen LogP contribution in [-0.4, -0.2) is 87.3 Å². The number of hydrogen-bond acceptors (Lipinski definition) is 7. The molecule has 216 valence electrons. The summed E-state index contributed by atoms with van der Waals surface area (Å²) in [6, 6.07) is 14.6. The van der Waals surface area contributed by atoms with E-state index in [9.17, 15) is 19.2 Å². The number of likely N-dealkylation sites (N-methyl/N-ethyl adjacent to an activating group) is 1. The van der Waals surface area contributed by atoms with Crippen LogP contribution in [0.3, 0.4) is 0 Å². The van der Waals surface area contributed by atoms with Crippen LogP contribution in [0.2, 0.25) is 10.0 Å². The zero-order valence-electron chi connectivity index (χ0n) is 21.7. The van der Waals surface area contributed by atoms with Gasteiger partial charge in [0, 0.05) is 76.4 Å². The molecule has 0 saturated carbocycles. The second-order valence-corrected chi connectivity index (χ2v) is 10.3. The minimum absolute atomic E-state index is 0.354. The molecular formula is C27H30Cl2N2O8S. The van der Waals surface area contributed by atoms with Crippen LogP contribution in [0, 0.1) is 0 Å². The Labute approximate surface area is 246 Å². The molecule has 3 rings (SSSR count). The van der Waals surface area contributed by atoms with Gasteiger partial charge in [-0.05, 0) is 62.0 Å². The number of carboxylic acid groups (broad SMARTS) is 4. The molecule has 1 unspecified atom stereocenters. The summed E-state index contributed by atoms with van der Waals surface area (Å²) in [6.45, 7) is 6.70. The highest BCUT2D eigenvalue weighted by molar-refractivity contribution is 7.99. The maximum atomic E-state index is 9.55. The summed E-state index contributed by atoms with van der Waals surface area (Å²) in [6.07, 6.45) is 2.23. The van der Waals surface area contributed by atoms with E-state index in [-0.39, 0.29) is 0 Å². The van der Waals surface area contributed by atoms with Gasteiger partial charge in [0.1, 0.15) is 0 Å². The average molecular weight is 614 g/mol. The predicted octanol–water partition coefficient (Wildman–Crippen LogP) is 4.88. The van der Waals surface area contributed by atoms with Crippen molar-refractivity contribution >= 4 is 58.8 Å². The number of benzene rings is 2. The van der Waals surface area contributed by atoms with Gasteiger partial charge in [-0.1, -0.05) is 35.0 Å². The summed E-state index contributed by atoms with van der Waals surface area (Å²) in [5, 5.41) is 32.8. The second-order valence-electron chi connectivity index (χ2n) is 8.27. The van der Waals surface area contributed by atoms with Crippen LogP contribution in [0.1, 0.15) is 18.5 Å². The van der Waals surface area contributed by atoms with Crippen LogP contribution in [-0.2, 0) is 19.2 Å². The molecule has 4 N–H and O–H groups in total. The first-order valence-electron chi connectivity index (χ1n) is 11.7. The van der Waals surface area contributed by atoms with Crippen molar-refractivity contribution in [2.45, 2.75) is 22.8 Å². The number of rotatable bonds is 8. The third-order valence-electron chi connectivity index (χ3n) is 5.29. The van der Waals surface area contributed by atoms with Crippen molar-refractivity contribution < 1.29 is 39.6 Å². The van der Waals surface area contributed by atoms with E-state index in [1.165, 1.54) is 15.4 Å². The summed E-state index contributed by atoms with van der Waals surface area (Å²) in [7, 11) is 2.18. The first kappa shape index (κ1) is 34.7. The molecule has 2 aromatic carbocycles. The first-order chi connectivity index (χ1) is 18.8. The zero-order valence-corrected chi connectivity index (χ0v) is 24.1. The van der Waals surface area contributed by atoms with Crippen LogP contribution in [0.5, 0.6) is 0 Å². The Morgan fingerprint density at radius 3 is 1.60 bits per heavy atom. The molecule has 40 heavy (non-hydrogen) atoms. The summed E-state index contributed by atoms with van der Waals surface area (Å²) < 4.78 is 0. The van der Waals surface area contributed by atoms with Crippen LogP contribution in [0.4, 0.5) is 0 Å². The van der Waals surface area contributed by atoms with Gasteiger partial charge in [-0.15, -0.1) is 0 Å². The highest BCUT2D eigenvalue weighted by Gasteiger charge is 2.22. The van der Waals surface area contributed by atoms with Crippen LogP contribution in [0.25, 0.3) is 0 Å². The van der Waals surface area contributed by atoms with Gasteiger partial charge >= 0.3 is 23.9 Å². The minimum atomic E-state index is -1.26. The number of piperazine rings is 1. The highest BCUT2D eigenvalue weighted by Crippen LogP contribution is 2.37. The normalized spacial score (nSPS) is 14.5. The SMILES string of the molecule is CC(c1cc(Cl)ccc1Sc1ccc(Cl)cc1)N1CCN(C)CC1.O=C(O)/C=C/C(=O)O.O=C(O)/C=C/C(=O)O. The molecule has 13 heteroatoms. The van der Waals surface area contributed by atoms with E-state index in [2.05, 4.69) is 48.0 Å². The largest absolute Gasteiger partial charge is 0.478 e. The Balaban J connectivity index is 0.000000412. The minimum Gasteiger partial charge on any atom is -0.478 e. The quantitative estimate of drug-likeness (QED) is 0.301. The summed E-state index contributed by atoms with van der Waals surface area (Å²) >= 11 is 14.1.